The molecule has 2 aromatic rings. The topological polar surface area (TPSA) is 48.5 Å². The summed E-state index contributed by atoms with van der Waals surface area (Å²) in [5.74, 6) is 0.517. The first-order valence-corrected chi connectivity index (χ1v) is 9.69. The molecule has 0 atom stereocenters. The van der Waals surface area contributed by atoms with E-state index < -0.39 is 0 Å². The minimum absolute atomic E-state index is 0.179. The molecule has 6 heteroatoms. The molecule has 148 valence electrons. The van der Waals surface area contributed by atoms with Crippen LogP contribution in [0.25, 0.3) is 5.57 Å². The van der Waals surface area contributed by atoms with Gasteiger partial charge in [0.05, 0.1) is 0 Å². The summed E-state index contributed by atoms with van der Waals surface area (Å²) in [5, 5.41) is 2.87. The molecule has 3 rings (SSSR count). The Morgan fingerprint density at radius 2 is 1.86 bits per heavy atom. The van der Waals surface area contributed by atoms with Gasteiger partial charge in [0, 0.05) is 45.0 Å². The minimum atomic E-state index is -0.288. The van der Waals surface area contributed by atoms with Crippen molar-refractivity contribution in [1.82, 2.24) is 15.2 Å². The number of aromatic nitrogens is 1. The second kappa shape index (κ2) is 9.46. The van der Waals surface area contributed by atoms with E-state index in [1.165, 1.54) is 18.2 Å². The Balaban J connectivity index is 1.51. The highest BCUT2D eigenvalue weighted by atomic mass is 19.1. The number of piperazine rings is 1. The second-order valence-electron chi connectivity index (χ2n) is 7.00. The first-order chi connectivity index (χ1) is 13.5. The van der Waals surface area contributed by atoms with Gasteiger partial charge in [-0.15, -0.1) is 0 Å². The molecule has 1 fully saturated rings. The Labute approximate surface area is 165 Å². The van der Waals surface area contributed by atoms with Gasteiger partial charge in [0.15, 0.2) is 0 Å². The van der Waals surface area contributed by atoms with Crippen LogP contribution in [0.15, 0.2) is 48.7 Å². The highest BCUT2D eigenvalue weighted by Crippen LogP contribution is 2.15. The Hall–Kier alpha value is -2.73. The summed E-state index contributed by atoms with van der Waals surface area (Å²) in [6.07, 6.45) is 3.35. The number of hydrogen-bond acceptors (Lipinski definition) is 4. The third-order valence-electron chi connectivity index (χ3n) is 5.07. The third kappa shape index (κ3) is 5.39. The highest BCUT2D eigenvalue weighted by molar-refractivity contribution is 5.94. The number of hydrogen-bond donors (Lipinski definition) is 1. The SMILES string of the molecule is CCN1CCN(c2ccc(CNC(=O)/C=C(/C)c3ccc(F)cc3)cn2)CC1. The maximum Gasteiger partial charge on any atom is 0.244 e. The van der Waals surface area contributed by atoms with Crippen molar-refractivity contribution in [3.8, 4) is 0 Å². The number of anilines is 1. The lowest BCUT2D eigenvalue weighted by Crippen LogP contribution is -2.46. The average molecular weight is 382 g/mol. The number of amides is 1. The van der Waals surface area contributed by atoms with Crippen LogP contribution in [0.1, 0.15) is 25.0 Å². The third-order valence-corrected chi connectivity index (χ3v) is 5.07. The summed E-state index contributed by atoms with van der Waals surface area (Å²) in [6, 6.07) is 10.1. The van der Waals surface area contributed by atoms with E-state index in [4.69, 9.17) is 0 Å². The molecule has 0 unspecified atom stereocenters. The van der Waals surface area contributed by atoms with E-state index in [1.54, 1.807) is 12.1 Å². The van der Waals surface area contributed by atoms with Gasteiger partial charge in [-0.25, -0.2) is 9.37 Å². The van der Waals surface area contributed by atoms with Crippen molar-refractivity contribution in [2.24, 2.45) is 0 Å². The zero-order valence-corrected chi connectivity index (χ0v) is 16.5. The Morgan fingerprint density at radius 1 is 1.14 bits per heavy atom. The first-order valence-electron chi connectivity index (χ1n) is 9.69. The molecule has 0 spiro atoms. The molecule has 1 aromatic heterocycles. The first kappa shape index (κ1) is 20.0. The summed E-state index contributed by atoms with van der Waals surface area (Å²) in [5.41, 5.74) is 2.57. The zero-order valence-electron chi connectivity index (χ0n) is 16.5. The number of nitrogens with one attached hydrogen (secondary N) is 1. The molecule has 1 N–H and O–H groups in total. The lowest BCUT2D eigenvalue weighted by molar-refractivity contribution is -0.116. The predicted molar refractivity (Wildman–Crippen MR) is 110 cm³/mol. The van der Waals surface area contributed by atoms with E-state index in [9.17, 15) is 9.18 Å². The molecule has 1 aliphatic heterocycles. The number of halogens is 1. The van der Waals surface area contributed by atoms with E-state index in [-0.39, 0.29) is 11.7 Å². The van der Waals surface area contributed by atoms with Crippen molar-refractivity contribution >= 4 is 17.3 Å². The number of allylic oxidation sites excluding steroid dienone is 1. The van der Waals surface area contributed by atoms with E-state index in [1.807, 2.05) is 25.3 Å². The van der Waals surface area contributed by atoms with Gasteiger partial charge >= 0.3 is 0 Å². The van der Waals surface area contributed by atoms with Crippen LogP contribution in [-0.2, 0) is 11.3 Å². The van der Waals surface area contributed by atoms with Gasteiger partial charge < -0.3 is 15.1 Å². The quantitative estimate of drug-likeness (QED) is 0.780. The van der Waals surface area contributed by atoms with Crippen molar-refractivity contribution < 1.29 is 9.18 Å². The summed E-state index contributed by atoms with van der Waals surface area (Å²) >= 11 is 0. The molecule has 0 bridgehead atoms. The maximum absolute atomic E-state index is 13.0. The van der Waals surface area contributed by atoms with Crippen LogP contribution in [0.4, 0.5) is 10.2 Å². The lowest BCUT2D eigenvalue weighted by Gasteiger charge is -2.34. The summed E-state index contributed by atoms with van der Waals surface area (Å²) in [7, 11) is 0. The molecular weight excluding hydrogens is 355 g/mol. The molecule has 2 heterocycles. The molecule has 0 saturated carbocycles. The molecule has 28 heavy (non-hydrogen) atoms. The van der Waals surface area contributed by atoms with E-state index in [0.29, 0.717) is 6.54 Å². The second-order valence-corrected chi connectivity index (χ2v) is 7.00. The largest absolute Gasteiger partial charge is 0.354 e. The standard InChI is InChI=1S/C22H27FN4O/c1-3-26-10-12-27(13-11-26)21-9-4-18(15-24-21)16-25-22(28)14-17(2)19-5-7-20(23)8-6-19/h4-9,14-15H,3,10-13,16H2,1-2H3,(H,25,28)/b17-14-. The van der Waals surface area contributed by atoms with Crippen molar-refractivity contribution in [3.05, 3.63) is 65.6 Å². The minimum Gasteiger partial charge on any atom is -0.354 e. The van der Waals surface area contributed by atoms with E-state index >= 15 is 0 Å². The fraction of sp³-hybridized carbons (Fsp3) is 0.364. The Morgan fingerprint density at radius 3 is 2.46 bits per heavy atom. The van der Waals surface area contributed by atoms with Gasteiger partial charge in [-0.2, -0.15) is 0 Å². The fourth-order valence-corrected chi connectivity index (χ4v) is 3.23. The number of pyridine rings is 1. The number of likely N-dealkylation sites (N-methyl/N-ethyl adjacent to an activating group) is 1. The number of rotatable bonds is 6. The van der Waals surface area contributed by atoms with Gasteiger partial charge in [-0.05, 0) is 48.4 Å². The van der Waals surface area contributed by atoms with Gasteiger partial charge in [0.1, 0.15) is 11.6 Å². The molecule has 1 amide bonds. The number of nitrogens with zero attached hydrogens (tertiary/aromatic N) is 3. The summed E-state index contributed by atoms with van der Waals surface area (Å²) in [6.45, 7) is 9.65. The van der Waals surface area contributed by atoms with Crippen molar-refractivity contribution in [2.45, 2.75) is 20.4 Å². The smallest absolute Gasteiger partial charge is 0.244 e. The molecule has 0 radical (unpaired) electrons. The summed E-state index contributed by atoms with van der Waals surface area (Å²) < 4.78 is 13.0. The van der Waals surface area contributed by atoms with Crippen molar-refractivity contribution in [3.63, 3.8) is 0 Å². The molecule has 0 aliphatic carbocycles. The van der Waals surface area contributed by atoms with Gasteiger partial charge in [-0.1, -0.05) is 25.1 Å². The molecule has 5 nitrogen and oxygen atoms in total. The van der Waals surface area contributed by atoms with E-state index in [0.717, 1.165) is 55.2 Å². The summed E-state index contributed by atoms with van der Waals surface area (Å²) in [4.78, 5) is 21.4. The van der Waals surface area contributed by atoms with Crippen LogP contribution in [0.3, 0.4) is 0 Å². The molecule has 1 saturated heterocycles. The van der Waals surface area contributed by atoms with Crippen LogP contribution in [0, 0.1) is 5.82 Å². The number of benzene rings is 1. The zero-order chi connectivity index (χ0) is 19.9. The van der Waals surface area contributed by atoms with Gasteiger partial charge in [0.25, 0.3) is 0 Å². The Kier molecular flexibility index (Phi) is 6.76. The van der Waals surface area contributed by atoms with Crippen LogP contribution < -0.4 is 10.2 Å². The Bertz CT molecular complexity index is 809. The van der Waals surface area contributed by atoms with Crippen LogP contribution >= 0.6 is 0 Å². The van der Waals surface area contributed by atoms with Crippen molar-refractivity contribution in [1.29, 1.82) is 0 Å². The lowest BCUT2D eigenvalue weighted by atomic mass is 10.1. The van der Waals surface area contributed by atoms with Crippen LogP contribution in [0.5, 0.6) is 0 Å². The molecular formula is C22H27FN4O. The van der Waals surface area contributed by atoms with Crippen LogP contribution in [0.2, 0.25) is 0 Å². The van der Waals surface area contributed by atoms with Gasteiger partial charge in [0.2, 0.25) is 5.91 Å². The van der Waals surface area contributed by atoms with Gasteiger partial charge in [-0.3, -0.25) is 4.79 Å². The van der Waals surface area contributed by atoms with Crippen molar-refractivity contribution in [2.75, 3.05) is 37.6 Å². The van der Waals surface area contributed by atoms with E-state index in [2.05, 4.69) is 27.0 Å². The number of carbonyl (C=O) groups is 1. The number of carbonyl (C=O) groups excluding carboxylic acids is 1. The average Bonchev–Trinajstić information content (AvgIpc) is 2.73. The predicted octanol–water partition coefficient (Wildman–Crippen LogP) is 3.08. The maximum atomic E-state index is 13.0. The fourth-order valence-electron chi connectivity index (χ4n) is 3.23. The molecule has 1 aliphatic rings. The molecule has 1 aromatic carbocycles. The normalized spacial score (nSPS) is 15.5. The van der Waals surface area contributed by atoms with Crippen LogP contribution in [-0.4, -0.2) is 48.5 Å². The monoisotopic (exact) mass is 382 g/mol. The highest BCUT2D eigenvalue weighted by Gasteiger charge is 2.16.